The lowest BCUT2D eigenvalue weighted by molar-refractivity contribution is -0.142. The fourth-order valence-corrected chi connectivity index (χ4v) is 4.51. The number of nitrogens with two attached hydrogens (primary N) is 1. The van der Waals surface area contributed by atoms with Crippen LogP contribution in [-0.2, 0) is 27.3 Å². The minimum Gasteiger partial charge on any atom is -0.489 e. The Morgan fingerprint density at radius 2 is 2.03 bits per heavy atom. The molecule has 1 fully saturated rings. The van der Waals surface area contributed by atoms with Gasteiger partial charge in [-0.3, -0.25) is 4.79 Å². The Balaban J connectivity index is 1.60. The second-order valence-corrected chi connectivity index (χ2v) is 9.31. The van der Waals surface area contributed by atoms with E-state index in [0.29, 0.717) is 30.0 Å². The molecule has 7 heteroatoms. The topological polar surface area (TPSA) is 82.8 Å². The maximum Gasteiger partial charge on any atom is 0.310 e. The van der Waals surface area contributed by atoms with Gasteiger partial charge in [-0.15, -0.1) is 0 Å². The Bertz CT molecular complexity index is 1210. The monoisotopic (exact) mass is 506 g/mol. The number of carbonyl (C=O) groups is 1. The summed E-state index contributed by atoms with van der Waals surface area (Å²) in [6.07, 6.45) is 2.38. The number of anilines is 1. The third kappa shape index (κ3) is 7.08. The zero-order valence-electron chi connectivity index (χ0n) is 21.5. The van der Waals surface area contributed by atoms with E-state index in [1.807, 2.05) is 48.5 Å². The molecule has 6 nitrogen and oxygen atoms in total. The van der Waals surface area contributed by atoms with Crippen LogP contribution < -0.4 is 15.8 Å². The van der Waals surface area contributed by atoms with Crippen LogP contribution in [0.4, 0.5) is 10.1 Å². The van der Waals surface area contributed by atoms with Crippen molar-refractivity contribution in [2.24, 2.45) is 5.73 Å². The summed E-state index contributed by atoms with van der Waals surface area (Å²) in [5.74, 6) is -0.00830. The number of hydrogen-bond acceptors (Lipinski definition) is 6. The van der Waals surface area contributed by atoms with E-state index >= 15 is 4.39 Å². The number of esters is 1. The Labute approximate surface area is 217 Å². The summed E-state index contributed by atoms with van der Waals surface area (Å²) in [5, 5.41) is 3.45. The zero-order chi connectivity index (χ0) is 26.2. The summed E-state index contributed by atoms with van der Waals surface area (Å²) < 4.78 is 32.4. The summed E-state index contributed by atoms with van der Waals surface area (Å²) in [7, 11) is 0. The number of nitrogens with one attached hydrogen (secondary N) is 1. The minimum atomic E-state index is -0.417. The van der Waals surface area contributed by atoms with Crippen LogP contribution >= 0.6 is 0 Å². The van der Waals surface area contributed by atoms with Gasteiger partial charge in [-0.05, 0) is 62.1 Å². The summed E-state index contributed by atoms with van der Waals surface area (Å²) in [4.78, 5) is 12.0. The lowest BCUT2D eigenvalue weighted by Gasteiger charge is -2.17. The second kappa shape index (κ2) is 12.7. The molecule has 0 saturated carbocycles. The third-order valence-corrected chi connectivity index (χ3v) is 6.39. The average molecular weight is 507 g/mol. The molecule has 0 amide bonds. The van der Waals surface area contributed by atoms with E-state index in [1.165, 1.54) is 0 Å². The zero-order valence-corrected chi connectivity index (χ0v) is 21.5. The first-order valence-corrected chi connectivity index (χ1v) is 12.8. The Kier molecular flexibility index (Phi) is 9.14. The predicted molar refractivity (Wildman–Crippen MR) is 143 cm³/mol. The quantitative estimate of drug-likeness (QED) is 0.321. The lowest BCUT2D eigenvalue weighted by Crippen LogP contribution is -2.18. The van der Waals surface area contributed by atoms with Gasteiger partial charge in [0.1, 0.15) is 18.2 Å². The van der Waals surface area contributed by atoms with E-state index in [1.54, 1.807) is 26.0 Å². The molecule has 3 N–H and O–H groups in total. The highest BCUT2D eigenvalue weighted by Crippen LogP contribution is 2.31. The van der Waals surface area contributed by atoms with Crippen LogP contribution in [-0.4, -0.2) is 31.8 Å². The van der Waals surface area contributed by atoms with Crippen molar-refractivity contribution in [1.29, 1.82) is 0 Å². The molecule has 1 aliphatic heterocycles. The van der Waals surface area contributed by atoms with E-state index < -0.39 is 6.04 Å². The number of halogens is 1. The first-order chi connectivity index (χ1) is 17.9. The van der Waals surface area contributed by atoms with Crippen molar-refractivity contribution in [3.05, 3.63) is 83.2 Å². The molecule has 1 saturated heterocycles. The van der Waals surface area contributed by atoms with Gasteiger partial charge in [-0.25, -0.2) is 4.39 Å². The standard InChI is InChI=1S/C30H35FN2O4/c1-3-35-29(34)17-22-8-4-5-12-28(22)37-19-21-14-23(27-11-6-10-26(20(2)32)30(27)31)16-24(15-21)33-18-25-9-7-13-36-25/h4-6,8,10-12,14-16,20,25,33H,3,7,9,13,17-19,32H2,1-2H3/t20-,25?/m1/s1. The Morgan fingerprint density at radius 1 is 1.19 bits per heavy atom. The van der Waals surface area contributed by atoms with Crippen LogP contribution in [0.2, 0.25) is 0 Å². The number of hydrogen-bond donors (Lipinski definition) is 2. The highest BCUT2D eigenvalue weighted by molar-refractivity contribution is 5.73. The van der Waals surface area contributed by atoms with E-state index in [-0.39, 0.29) is 30.9 Å². The minimum absolute atomic E-state index is 0.132. The van der Waals surface area contributed by atoms with Crippen LogP contribution in [0.5, 0.6) is 5.75 Å². The molecule has 0 radical (unpaired) electrons. The first kappa shape index (κ1) is 26.6. The fraction of sp³-hybridized carbons (Fsp3) is 0.367. The Morgan fingerprint density at radius 3 is 2.78 bits per heavy atom. The Hall–Kier alpha value is -3.42. The van der Waals surface area contributed by atoms with E-state index in [2.05, 4.69) is 5.32 Å². The summed E-state index contributed by atoms with van der Waals surface area (Å²) >= 11 is 0. The van der Waals surface area contributed by atoms with Gasteiger partial charge in [0.25, 0.3) is 0 Å². The normalized spacial score (nSPS) is 15.8. The molecule has 1 aliphatic rings. The molecule has 0 aromatic heterocycles. The smallest absolute Gasteiger partial charge is 0.310 e. The van der Waals surface area contributed by atoms with Crippen molar-refractivity contribution in [2.45, 2.75) is 51.9 Å². The highest BCUT2D eigenvalue weighted by Gasteiger charge is 2.17. The molecule has 0 spiro atoms. The molecule has 0 aliphatic carbocycles. The van der Waals surface area contributed by atoms with Gasteiger partial charge in [0, 0.05) is 41.6 Å². The van der Waals surface area contributed by atoms with Crippen molar-refractivity contribution in [3.8, 4) is 16.9 Å². The van der Waals surface area contributed by atoms with Crippen LogP contribution in [0.1, 0.15) is 49.4 Å². The maximum absolute atomic E-state index is 15.4. The molecule has 37 heavy (non-hydrogen) atoms. The lowest BCUT2D eigenvalue weighted by atomic mass is 9.97. The molecular formula is C30H35FN2O4. The molecule has 3 aromatic carbocycles. The summed E-state index contributed by atoms with van der Waals surface area (Å²) in [6.45, 7) is 5.59. The third-order valence-electron chi connectivity index (χ3n) is 6.39. The highest BCUT2D eigenvalue weighted by atomic mass is 19.1. The fourth-order valence-electron chi connectivity index (χ4n) is 4.51. The molecule has 2 atom stereocenters. The first-order valence-electron chi connectivity index (χ1n) is 12.8. The van der Waals surface area contributed by atoms with Crippen molar-refractivity contribution in [2.75, 3.05) is 25.1 Å². The van der Waals surface area contributed by atoms with Crippen molar-refractivity contribution in [1.82, 2.24) is 0 Å². The molecule has 4 rings (SSSR count). The van der Waals surface area contributed by atoms with Gasteiger partial charge in [0.2, 0.25) is 0 Å². The number of rotatable bonds is 11. The van der Waals surface area contributed by atoms with Crippen LogP contribution in [0, 0.1) is 5.82 Å². The van der Waals surface area contributed by atoms with Gasteiger partial charge in [-0.2, -0.15) is 0 Å². The van der Waals surface area contributed by atoms with Gasteiger partial charge < -0.3 is 25.3 Å². The molecule has 0 bridgehead atoms. The summed E-state index contributed by atoms with van der Waals surface area (Å²) in [6, 6.07) is 18.2. The average Bonchev–Trinajstić information content (AvgIpc) is 3.41. The molecule has 1 unspecified atom stereocenters. The molecule has 1 heterocycles. The van der Waals surface area contributed by atoms with Crippen molar-refractivity contribution in [3.63, 3.8) is 0 Å². The molecular weight excluding hydrogens is 471 g/mol. The molecule has 3 aromatic rings. The van der Waals surface area contributed by atoms with E-state index in [9.17, 15) is 4.79 Å². The van der Waals surface area contributed by atoms with Crippen LogP contribution in [0.25, 0.3) is 11.1 Å². The summed E-state index contributed by atoms with van der Waals surface area (Å²) in [5.41, 5.74) is 10.2. The van der Waals surface area contributed by atoms with Gasteiger partial charge in [-0.1, -0.05) is 36.4 Å². The number of benzene rings is 3. The van der Waals surface area contributed by atoms with Crippen LogP contribution in [0.3, 0.4) is 0 Å². The largest absolute Gasteiger partial charge is 0.489 e. The SMILES string of the molecule is CCOC(=O)Cc1ccccc1OCc1cc(NCC2CCCO2)cc(-c2cccc([C@@H](C)N)c2F)c1. The predicted octanol–water partition coefficient (Wildman–Crippen LogP) is 5.79. The van der Waals surface area contributed by atoms with Gasteiger partial charge >= 0.3 is 5.97 Å². The number of para-hydroxylation sites is 1. The van der Waals surface area contributed by atoms with Crippen LogP contribution in [0.15, 0.2) is 60.7 Å². The number of ether oxygens (including phenoxy) is 3. The van der Waals surface area contributed by atoms with Crippen molar-refractivity contribution < 1.29 is 23.4 Å². The van der Waals surface area contributed by atoms with E-state index in [0.717, 1.165) is 41.8 Å². The van der Waals surface area contributed by atoms with Gasteiger partial charge in [0.15, 0.2) is 0 Å². The number of carbonyl (C=O) groups excluding carboxylic acids is 1. The second-order valence-electron chi connectivity index (χ2n) is 9.31. The van der Waals surface area contributed by atoms with Gasteiger partial charge in [0.05, 0.1) is 19.1 Å². The molecule has 196 valence electrons. The maximum atomic E-state index is 15.4. The van der Waals surface area contributed by atoms with Crippen molar-refractivity contribution >= 4 is 11.7 Å². The van der Waals surface area contributed by atoms with E-state index in [4.69, 9.17) is 19.9 Å².